The summed E-state index contributed by atoms with van der Waals surface area (Å²) in [5.41, 5.74) is 1.35. The zero-order valence-electron chi connectivity index (χ0n) is 19.9. The molecule has 1 aliphatic heterocycles. The Kier molecular flexibility index (Phi) is 10.5. The van der Waals surface area contributed by atoms with E-state index < -0.39 is 0 Å². The molecule has 0 radical (unpaired) electrons. The predicted molar refractivity (Wildman–Crippen MR) is 126 cm³/mol. The van der Waals surface area contributed by atoms with E-state index >= 15 is 0 Å². The molecule has 180 valence electrons. The third-order valence-electron chi connectivity index (χ3n) is 7.08. The van der Waals surface area contributed by atoms with E-state index in [2.05, 4.69) is 31.2 Å². The Balaban J connectivity index is 1.60. The highest BCUT2D eigenvalue weighted by Gasteiger charge is 2.45. The van der Waals surface area contributed by atoms with Crippen LogP contribution in [0, 0.1) is 17.8 Å². The molecule has 3 aliphatic rings. The summed E-state index contributed by atoms with van der Waals surface area (Å²) in [5, 5.41) is 10.4. The summed E-state index contributed by atoms with van der Waals surface area (Å²) in [6.45, 7) is 2.98. The smallest absolute Gasteiger partial charge is 0.305 e. The third kappa shape index (κ3) is 7.57. The molecule has 2 aliphatic carbocycles. The van der Waals surface area contributed by atoms with Gasteiger partial charge in [-0.05, 0) is 56.8 Å². The molecule has 0 bridgehead atoms. The maximum absolute atomic E-state index is 11.3. The van der Waals surface area contributed by atoms with Gasteiger partial charge < -0.3 is 19.3 Å². The first kappa shape index (κ1) is 25.2. The quantitative estimate of drug-likeness (QED) is 0.244. The molecule has 3 rings (SSSR count). The number of allylic oxidation sites excluding steroid dienone is 4. The molecule has 0 aromatic rings. The van der Waals surface area contributed by atoms with Crippen LogP contribution in [0.1, 0.15) is 77.6 Å². The van der Waals surface area contributed by atoms with Crippen molar-refractivity contribution in [3.05, 3.63) is 36.0 Å². The Morgan fingerprint density at radius 2 is 2.22 bits per heavy atom. The van der Waals surface area contributed by atoms with Crippen LogP contribution in [0.25, 0.3) is 0 Å². The van der Waals surface area contributed by atoms with Crippen LogP contribution in [0.3, 0.4) is 0 Å². The first-order valence-electron chi connectivity index (χ1n) is 12.7. The lowest BCUT2D eigenvalue weighted by Crippen LogP contribution is -2.30. The van der Waals surface area contributed by atoms with Crippen molar-refractivity contribution < 1.29 is 24.1 Å². The molecule has 1 heterocycles. The summed E-state index contributed by atoms with van der Waals surface area (Å²) in [5.74, 6) is 1.13. The van der Waals surface area contributed by atoms with E-state index in [0.29, 0.717) is 30.6 Å². The van der Waals surface area contributed by atoms with Gasteiger partial charge in [-0.25, -0.2) is 0 Å². The maximum Gasteiger partial charge on any atom is 0.305 e. The van der Waals surface area contributed by atoms with Gasteiger partial charge in [-0.2, -0.15) is 0 Å². The number of esters is 1. The Morgan fingerprint density at radius 3 is 2.97 bits per heavy atom. The van der Waals surface area contributed by atoms with Crippen LogP contribution in [0.2, 0.25) is 0 Å². The molecule has 2 unspecified atom stereocenters. The molecule has 5 nitrogen and oxygen atoms in total. The number of hydrogen-bond donors (Lipinski definition) is 1. The first-order valence-corrected chi connectivity index (χ1v) is 12.7. The normalized spacial score (nSPS) is 31.2. The highest BCUT2D eigenvalue weighted by atomic mass is 16.7. The van der Waals surface area contributed by atoms with Crippen LogP contribution in [0.15, 0.2) is 36.0 Å². The number of aliphatic hydroxyl groups is 1. The molecule has 1 saturated carbocycles. The minimum Gasteiger partial charge on any atom is -0.469 e. The van der Waals surface area contributed by atoms with Gasteiger partial charge in [0.1, 0.15) is 0 Å². The summed E-state index contributed by atoms with van der Waals surface area (Å²) in [7, 11) is 1.43. The van der Waals surface area contributed by atoms with Gasteiger partial charge in [-0.15, -0.1) is 0 Å². The molecule has 2 fully saturated rings. The summed E-state index contributed by atoms with van der Waals surface area (Å²) in [4.78, 5) is 11.3. The molecule has 32 heavy (non-hydrogen) atoms. The van der Waals surface area contributed by atoms with Gasteiger partial charge in [0, 0.05) is 18.9 Å². The number of ether oxygens (including phenoxy) is 3. The number of unbranched alkanes of at least 4 members (excludes halogenated alkanes) is 2. The van der Waals surface area contributed by atoms with Gasteiger partial charge in [0.15, 0.2) is 6.29 Å². The average molecular weight is 447 g/mol. The number of aliphatic hydroxyl groups excluding tert-OH is 1. The Bertz CT molecular complexity index is 661. The van der Waals surface area contributed by atoms with E-state index in [4.69, 9.17) is 14.2 Å². The number of methoxy groups -OCH3 is 1. The second-order valence-corrected chi connectivity index (χ2v) is 9.52. The first-order chi connectivity index (χ1) is 15.6. The predicted octanol–water partition coefficient (Wildman–Crippen LogP) is 5.49. The van der Waals surface area contributed by atoms with E-state index in [1.165, 1.54) is 31.9 Å². The standard InChI is InChI=1S/C27H42O5/c1-3-4-5-11-22(28)14-15-23-24-18-20(10-6-7-12-26(29)30-2)17-21(24)19-25(23)32-27-13-8-9-16-31-27/h6,10,14-15,17,21-25,27-28H,3-5,7-9,11-13,16,18-19H2,1-2H3/b10-6?,15-14-/t21-,22?,23-,24-,25+,27?/m0/s1. The topological polar surface area (TPSA) is 65.0 Å². The number of hydrogen-bond acceptors (Lipinski definition) is 5. The van der Waals surface area contributed by atoms with Crippen molar-refractivity contribution in [3.8, 4) is 0 Å². The highest BCUT2D eigenvalue weighted by molar-refractivity contribution is 5.69. The minimum atomic E-state index is -0.376. The lowest BCUT2D eigenvalue weighted by molar-refractivity contribution is -0.192. The molecular weight excluding hydrogens is 404 g/mol. The largest absolute Gasteiger partial charge is 0.469 e. The third-order valence-corrected chi connectivity index (χ3v) is 7.08. The summed E-state index contributed by atoms with van der Waals surface area (Å²) in [6.07, 6.45) is 21.2. The molecule has 0 aromatic heterocycles. The molecule has 0 amide bonds. The SMILES string of the molecule is CCCCCC(O)/C=C\[C@H]1[C@H]2CC(C=CCCC(=O)OC)=C[C@H]2C[C@H]1OC1CCCCO1. The number of carbonyl (C=O) groups is 1. The van der Waals surface area contributed by atoms with E-state index in [1.807, 2.05) is 6.08 Å². The number of fused-ring (bicyclic) bond motifs is 1. The number of rotatable bonds is 12. The summed E-state index contributed by atoms with van der Waals surface area (Å²) >= 11 is 0. The Hall–Kier alpha value is -1.43. The summed E-state index contributed by atoms with van der Waals surface area (Å²) in [6, 6.07) is 0. The molecule has 6 atom stereocenters. The van der Waals surface area contributed by atoms with E-state index in [1.54, 1.807) is 0 Å². The molecule has 1 N–H and O–H groups in total. The van der Waals surface area contributed by atoms with Gasteiger partial charge in [-0.3, -0.25) is 4.79 Å². The second-order valence-electron chi connectivity index (χ2n) is 9.52. The van der Waals surface area contributed by atoms with E-state index in [9.17, 15) is 9.90 Å². The van der Waals surface area contributed by atoms with Crippen LogP contribution >= 0.6 is 0 Å². The molecule has 1 saturated heterocycles. The van der Waals surface area contributed by atoms with Gasteiger partial charge in [0.2, 0.25) is 0 Å². The Morgan fingerprint density at radius 1 is 1.34 bits per heavy atom. The zero-order valence-corrected chi connectivity index (χ0v) is 19.9. The summed E-state index contributed by atoms with van der Waals surface area (Å²) < 4.78 is 17.0. The minimum absolute atomic E-state index is 0.0837. The lowest BCUT2D eigenvalue weighted by atomic mass is 9.88. The molecule has 0 spiro atoms. The highest BCUT2D eigenvalue weighted by Crippen LogP contribution is 2.49. The molecule has 0 aromatic carbocycles. The van der Waals surface area contributed by atoms with Crippen molar-refractivity contribution in [3.63, 3.8) is 0 Å². The second kappa shape index (κ2) is 13.3. The maximum atomic E-state index is 11.3. The van der Waals surface area contributed by atoms with Crippen molar-refractivity contribution in [2.24, 2.45) is 17.8 Å². The van der Waals surface area contributed by atoms with Crippen LogP contribution in [-0.2, 0) is 19.0 Å². The van der Waals surface area contributed by atoms with Crippen molar-refractivity contribution in [1.82, 2.24) is 0 Å². The lowest BCUT2D eigenvalue weighted by Gasteiger charge is -2.29. The van der Waals surface area contributed by atoms with Crippen LogP contribution < -0.4 is 0 Å². The van der Waals surface area contributed by atoms with Crippen molar-refractivity contribution in [1.29, 1.82) is 0 Å². The van der Waals surface area contributed by atoms with Crippen LogP contribution in [0.5, 0.6) is 0 Å². The fourth-order valence-electron chi connectivity index (χ4n) is 5.30. The Labute approximate surface area is 193 Å². The fourth-order valence-corrected chi connectivity index (χ4v) is 5.30. The van der Waals surface area contributed by atoms with Crippen LogP contribution in [-0.4, -0.2) is 43.3 Å². The monoisotopic (exact) mass is 446 g/mol. The average Bonchev–Trinajstić information content (AvgIpc) is 3.33. The van der Waals surface area contributed by atoms with Gasteiger partial charge >= 0.3 is 5.97 Å². The van der Waals surface area contributed by atoms with Crippen LogP contribution in [0.4, 0.5) is 0 Å². The van der Waals surface area contributed by atoms with Gasteiger partial charge in [0.05, 0.1) is 19.3 Å². The van der Waals surface area contributed by atoms with Crippen molar-refractivity contribution >= 4 is 5.97 Å². The van der Waals surface area contributed by atoms with E-state index in [-0.39, 0.29) is 24.5 Å². The fraction of sp³-hybridized carbons (Fsp3) is 0.741. The molecule has 5 heteroatoms. The van der Waals surface area contributed by atoms with Crippen molar-refractivity contribution in [2.75, 3.05) is 13.7 Å². The zero-order chi connectivity index (χ0) is 22.8. The van der Waals surface area contributed by atoms with Crippen molar-refractivity contribution in [2.45, 2.75) is 96.1 Å². The number of carbonyl (C=O) groups excluding carboxylic acids is 1. The van der Waals surface area contributed by atoms with Gasteiger partial charge in [0.25, 0.3) is 0 Å². The molecular formula is C27H42O5. The van der Waals surface area contributed by atoms with Gasteiger partial charge in [-0.1, -0.05) is 62.1 Å². The van der Waals surface area contributed by atoms with E-state index in [0.717, 1.165) is 45.1 Å².